The fourth-order valence-electron chi connectivity index (χ4n) is 5.08. The number of likely N-dealkylation sites (tertiary alicyclic amines) is 1. The number of benzene rings is 2. The van der Waals surface area contributed by atoms with Crippen molar-refractivity contribution in [3.8, 4) is 11.6 Å². The molecule has 3 aromatic heterocycles. The van der Waals surface area contributed by atoms with Crippen molar-refractivity contribution in [2.75, 3.05) is 18.4 Å². The Kier molecular flexibility index (Phi) is 6.58. The molecule has 5 aromatic rings. The molecule has 1 saturated heterocycles. The van der Waals surface area contributed by atoms with E-state index in [4.69, 9.17) is 4.74 Å². The average molecular weight is 521 g/mol. The quantitative estimate of drug-likeness (QED) is 0.302. The summed E-state index contributed by atoms with van der Waals surface area (Å²) in [7, 11) is 0. The number of carbonyl (C=O) groups excluding carboxylic acids is 1. The van der Waals surface area contributed by atoms with E-state index < -0.39 is 0 Å². The predicted octanol–water partition coefficient (Wildman–Crippen LogP) is 4.88. The fourth-order valence-corrected chi connectivity index (χ4v) is 5.08. The zero-order chi connectivity index (χ0) is 26.8. The SMILES string of the molecule is C=CC(=O)N1CCC[C@@H](Cc2ccc3ncnc(Nc4ccc(Oc5cc6nncn6cn5)c(C)c4)c3c2)C1. The van der Waals surface area contributed by atoms with Crippen molar-refractivity contribution < 1.29 is 9.53 Å². The molecular weight excluding hydrogens is 492 g/mol. The molecule has 4 heterocycles. The third-order valence-corrected chi connectivity index (χ3v) is 7.04. The van der Waals surface area contributed by atoms with Crippen LogP contribution in [0.4, 0.5) is 11.5 Å². The lowest BCUT2D eigenvalue weighted by atomic mass is 9.91. The van der Waals surface area contributed by atoms with E-state index in [0.717, 1.165) is 60.3 Å². The van der Waals surface area contributed by atoms with Gasteiger partial charge < -0.3 is 15.0 Å². The Labute approximate surface area is 225 Å². The first-order valence-electron chi connectivity index (χ1n) is 12.9. The highest BCUT2D eigenvalue weighted by molar-refractivity contribution is 5.91. The van der Waals surface area contributed by atoms with E-state index in [1.807, 2.05) is 36.1 Å². The number of aryl methyl sites for hydroxylation is 1. The molecule has 39 heavy (non-hydrogen) atoms. The van der Waals surface area contributed by atoms with Crippen molar-refractivity contribution in [2.24, 2.45) is 5.92 Å². The lowest BCUT2D eigenvalue weighted by molar-refractivity contribution is -0.127. The molecular formula is C29H28N8O2. The van der Waals surface area contributed by atoms with Gasteiger partial charge in [-0.05, 0) is 79.6 Å². The molecule has 0 aliphatic carbocycles. The molecule has 1 fully saturated rings. The van der Waals surface area contributed by atoms with Gasteiger partial charge in [0.2, 0.25) is 11.8 Å². The van der Waals surface area contributed by atoms with Gasteiger partial charge in [0.15, 0.2) is 5.65 Å². The normalized spacial score (nSPS) is 15.4. The summed E-state index contributed by atoms with van der Waals surface area (Å²) >= 11 is 0. The Morgan fingerprint density at radius 3 is 2.95 bits per heavy atom. The number of piperidine rings is 1. The number of aromatic nitrogens is 6. The molecule has 1 atom stereocenters. The van der Waals surface area contributed by atoms with E-state index in [-0.39, 0.29) is 5.91 Å². The minimum Gasteiger partial charge on any atom is -0.439 e. The largest absolute Gasteiger partial charge is 0.439 e. The summed E-state index contributed by atoms with van der Waals surface area (Å²) in [6.07, 6.45) is 9.20. The molecule has 1 N–H and O–H groups in total. The smallest absolute Gasteiger partial charge is 0.245 e. The summed E-state index contributed by atoms with van der Waals surface area (Å²) in [5, 5.41) is 12.3. The predicted molar refractivity (Wildman–Crippen MR) is 148 cm³/mol. The van der Waals surface area contributed by atoms with E-state index in [1.165, 1.54) is 11.6 Å². The average Bonchev–Trinajstić information content (AvgIpc) is 3.43. The Hall–Kier alpha value is -4.86. The van der Waals surface area contributed by atoms with Crippen LogP contribution in [0.1, 0.15) is 24.0 Å². The minimum absolute atomic E-state index is 0.0115. The molecule has 2 aromatic carbocycles. The number of hydrogen-bond donors (Lipinski definition) is 1. The first kappa shape index (κ1) is 24.5. The molecule has 0 bridgehead atoms. The van der Waals surface area contributed by atoms with E-state index in [2.05, 4.69) is 49.2 Å². The summed E-state index contributed by atoms with van der Waals surface area (Å²) in [4.78, 5) is 27.3. The van der Waals surface area contributed by atoms with Crippen molar-refractivity contribution in [1.29, 1.82) is 0 Å². The third kappa shape index (κ3) is 5.26. The molecule has 0 unspecified atom stereocenters. The molecule has 10 nitrogen and oxygen atoms in total. The first-order chi connectivity index (χ1) is 19.1. The highest BCUT2D eigenvalue weighted by Gasteiger charge is 2.22. The maximum atomic E-state index is 12.1. The van der Waals surface area contributed by atoms with Gasteiger partial charge in [0.1, 0.15) is 30.5 Å². The van der Waals surface area contributed by atoms with Crippen LogP contribution >= 0.6 is 0 Å². The number of amides is 1. The summed E-state index contributed by atoms with van der Waals surface area (Å²) in [6.45, 7) is 7.18. The number of fused-ring (bicyclic) bond motifs is 2. The maximum Gasteiger partial charge on any atom is 0.245 e. The molecule has 6 rings (SSSR count). The van der Waals surface area contributed by atoms with Gasteiger partial charge in [0.25, 0.3) is 0 Å². The molecule has 0 saturated carbocycles. The summed E-state index contributed by atoms with van der Waals surface area (Å²) in [5.41, 5.74) is 4.57. The molecule has 196 valence electrons. The lowest BCUT2D eigenvalue weighted by Gasteiger charge is -2.32. The topological polar surface area (TPSA) is 110 Å². The van der Waals surface area contributed by atoms with Gasteiger partial charge in [0.05, 0.1) is 5.52 Å². The minimum atomic E-state index is 0.0115. The Morgan fingerprint density at radius 2 is 2.08 bits per heavy atom. The molecule has 1 aliphatic heterocycles. The Bertz CT molecular complexity index is 1680. The highest BCUT2D eigenvalue weighted by Crippen LogP contribution is 2.30. The van der Waals surface area contributed by atoms with Crippen LogP contribution in [0.5, 0.6) is 11.6 Å². The standard InChI is InChI=1S/C29H28N8O2/c1-3-28(38)36-10-4-5-21(15-36)12-20-6-8-24-23(13-20)29(31-16-30-24)34-22-7-9-25(19(2)11-22)39-27-14-26-35-33-18-37(26)17-32-27/h3,6-9,11,13-14,16-18,21H,1,4-5,10,12,15H2,2H3,(H,30,31,34)/t21-/m0/s1. The van der Waals surface area contributed by atoms with Gasteiger partial charge in [-0.2, -0.15) is 0 Å². The monoisotopic (exact) mass is 520 g/mol. The van der Waals surface area contributed by atoms with Crippen LogP contribution in [0.25, 0.3) is 16.6 Å². The molecule has 0 spiro atoms. The number of anilines is 2. The summed E-state index contributed by atoms with van der Waals surface area (Å²) < 4.78 is 7.72. The van der Waals surface area contributed by atoms with Crippen LogP contribution in [0.2, 0.25) is 0 Å². The number of carbonyl (C=O) groups is 1. The molecule has 10 heteroatoms. The summed E-state index contributed by atoms with van der Waals surface area (Å²) in [6, 6.07) is 13.9. The molecule has 0 radical (unpaired) electrons. The van der Waals surface area contributed by atoms with Crippen LogP contribution in [-0.2, 0) is 11.2 Å². The highest BCUT2D eigenvalue weighted by atomic mass is 16.5. The Balaban J connectivity index is 1.19. The number of nitrogens with one attached hydrogen (secondary N) is 1. The van der Waals surface area contributed by atoms with Gasteiger partial charge in [-0.25, -0.2) is 15.0 Å². The van der Waals surface area contributed by atoms with Crippen LogP contribution < -0.4 is 10.1 Å². The van der Waals surface area contributed by atoms with Gasteiger partial charge in [-0.3, -0.25) is 9.20 Å². The second kappa shape index (κ2) is 10.5. The maximum absolute atomic E-state index is 12.1. The van der Waals surface area contributed by atoms with Crippen molar-refractivity contribution >= 4 is 34.0 Å². The summed E-state index contributed by atoms with van der Waals surface area (Å²) in [5.74, 6) is 2.31. The first-order valence-corrected chi connectivity index (χ1v) is 12.9. The van der Waals surface area contributed by atoms with E-state index in [1.54, 1.807) is 29.4 Å². The molecule has 1 aliphatic rings. The number of ether oxygens (including phenoxy) is 1. The van der Waals surface area contributed by atoms with Gasteiger partial charge in [-0.15, -0.1) is 10.2 Å². The van der Waals surface area contributed by atoms with Crippen molar-refractivity contribution in [3.63, 3.8) is 0 Å². The van der Waals surface area contributed by atoms with E-state index in [9.17, 15) is 4.79 Å². The van der Waals surface area contributed by atoms with Crippen LogP contribution in [0.3, 0.4) is 0 Å². The lowest BCUT2D eigenvalue weighted by Crippen LogP contribution is -2.39. The number of nitrogens with zero attached hydrogens (tertiary/aromatic N) is 7. The zero-order valence-corrected chi connectivity index (χ0v) is 21.6. The van der Waals surface area contributed by atoms with Crippen molar-refractivity contribution in [1.82, 2.24) is 34.4 Å². The third-order valence-electron chi connectivity index (χ3n) is 7.04. The van der Waals surface area contributed by atoms with Crippen LogP contribution in [-0.4, -0.2) is 53.4 Å². The van der Waals surface area contributed by atoms with E-state index >= 15 is 0 Å². The van der Waals surface area contributed by atoms with Gasteiger partial charge in [0, 0.05) is 30.2 Å². The van der Waals surface area contributed by atoms with Gasteiger partial charge >= 0.3 is 0 Å². The van der Waals surface area contributed by atoms with Crippen molar-refractivity contribution in [3.05, 3.63) is 85.2 Å². The van der Waals surface area contributed by atoms with Crippen molar-refractivity contribution in [2.45, 2.75) is 26.2 Å². The number of hydrogen-bond acceptors (Lipinski definition) is 8. The zero-order valence-electron chi connectivity index (χ0n) is 21.6. The van der Waals surface area contributed by atoms with Gasteiger partial charge in [-0.1, -0.05) is 12.6 Å². The fraction of sp³-hybridized carbons (Fsp3) is 0.241. The van der Waals surface area contributed by atoms with E-state index in [0.29, 0.717) is 23.2 Å². The van der Waals surface area contributed by atoms with Crippen LogP contribution in [0, 0.1) is 12.8 Å². The number of rotatable bonds is 7. The van der Waals surface area contributed by atoms with Crippen LogP contribution in [0.15, 0.2) is 74.1 Å². The second-order valence-electron chi connectivity index (χ2n) is 9.81. The second-order valence-corrected chi connectivity index (χ2v) is 9.81. The Morgan fingerprint density at radius 1 is 1.15 bits per heavy atom. The molecule has 1 amide bonds.